The molecule has 0 unspecified atom stereocenters. The van der Waals surface area contributed by atoms with Crippen molar-refractivity contribution in [3.63, 3.8) is 0 Å². The highest BCUT2D eigenvalue weighted by atomic mass is 32.2. The SMILES string of the molecule is N=C1/C(=C\c2cccs2)C(=O)N=C2SC=NN12. The van der Waals surface area contributed by atoms with Crippen LogP contribution >= 0.6 is 23.1 Å². The van der Waals surface area contributed by atoms with Gasteiger partial charge in [-0.1, -0.05) is 6.07 Å². The third-order valence-corrected chi connectivity index (χ3v) is 3.72. The number of amides is 1. The molecule has 0 atom stereocenters. The zero-order valence-electron chi connectivity index (χ0n) is 8.45. The van der Waals surface area contributed by atoms with Crippen LogP contribution in [0.5, 0.6) is 0 Å². The lowest BCUT2D eigenvalue weighted by Gasteiger charge is -2.20. The van der Waals surface area contributed by atoms with Crippen molar-refractivity contribution in [2.24, 2.45) is 10.1 Å². The number of hydrogen-bond acceptors (Lipinski definition) is 5. The van der Waals surface area contributed by atoms with Gasteiger partial charge in [-0.15, -0.1) is 11.3 Å². The van der Waals surface area contributed by atoms with Crippen LogP contribution in [-0.4, -0.2) is 27.5 Å². The Labute approximate surface area is 105 Å². The summed E-state index contributed by atoms with van der Waals surface area (Å²) >= 11 is 2.75. The first-order valence-corrected chi connectivity index (χ1v) is 6.48. The van der Waals surface area contributed by atoms with Gasteiger partial charge in [-0.25, -0.2) is 0 Å². The predicted octanol–water partition coefficient (Wildman–Crippen LogP) is 2.00. The molecular weight excluding hydrogens is 256 g/mol. The molecule has 2 aliphatic heterocycles. The van der Waals surface area contributed by atoms with E-state index in [1.165, 1.54) is 28.1 Å². The molecule has 0 spiro atoms. The van der Waals surface area contributed by atoms with Gasteiger partial charge in [0.05, 0.1) is 11.1 Å². The number of carbonyl (C=O) groups excluding carboxylic acids is 1. The second kappa shape index (κ2) is 3.94. The summed E-state index contributed by atoms with van der Waals surface area (Å²) in [5, 5.41) is 15.7. The van der Waals surface area contributed by atoms with Crippen LogP contribution in [0.2, 0.25) is 0 Å². The number of thioether (sulfide) groups is 1. The fourth-order valence-electron chi connectivity index (χ4n) is 1.45. The van der Waals surface area contributed by atoms with E-state index in [2.05, 4.69) is 10.1 Å². The lowest BCUT2D eigenvalue weighted by atomic mass is 10.2. The van der Waals surface area contributed by atoms with Gasteiger partial charge in [-0.2, -0.15) is 15.1 Å². The molecule has 0 aliphatic carbocycles. The van der Waals surface area contributed by atoms with Crippen LogP contribution in [0.3, 0.4) is 0 Å². The van der Waals surface area contributed by atoms with Crippen LogP contribution in [0, 0.1) is 5.41 Å². The van der Waals surface area contributed by atoms with E-state index in [1.807, 2.05) is 17.5 Å². The molecular formula is C10H6N4OS2. The average Bonchev–Trinajstić information content (AvgIpc) is 2.94. The quantitative estimate of drug-likeness (QED) is 0.787. The second-order valence-corrected chi connectivity index (χ2v) is 5.06. The number of amidine groups is 2. The van der Waals surface area contributed by atoms with Gasteiger partial charge in [0.1, 0.15) is 0 Å². The van der Waals surface area contributed by atoms with Gasteiger partial charge in [-0.05, 0) is 29.3 Å². The fraction of sp³-hybridized carbons (Fsp3) is 0. The van der Waals surface area contributed by atoms with E-state index < -0.39 is 0 Å². The largest absolute Gasteiger partial charge is 0.283 e. The Morgan fingerprint density at radius 1 is 1.47 bits per heavy atom. The molecule has 1 aromatic rings. The van der Waals surface area contributed by atoms with Gasteiger partial charge in [0.25, 0.3) is 5.91 Å². The first kappa shape index (κ1) is 10.4. The van der Waals surface area contributed by atoms with Crippen molar-refractivity contribution in [1.29, 1.82) is 5.41 Å². The maximum Gasteiger partial charge on any atom is 0.283 e. The number of nitrogens with zero attached hydrogens (tertiary/aromatic N) is 3. The highest BCUT2D eigenvalue weighted by molar-refractivity contribution is 8.25. The van der Waals surface area contributed by atoms with Crippen molar-refractivity contribution in [1.82, 2.24) is 5.01 Å². The zero-order chi connectivity index (χ0) is 11.8. The molecule has 3 rings (SSSR count). The molecule has 0 saturated heterocycles. The zero-order valence-corrected chi connectivity index (χ0v) is 10.1. The van der Waals surface area contributed by atoms with E-state index in [-0.39, 0.29) is 17.3 Å². The Morgan fingerprint density at radius 2 is 2.35 bits per heavy atom. The third kappa shape index (κ3) is 1.73. The molecule has 0 saturated carbocycles. The van der Waals surface area contributed by atoms with Gasteiger partial charge in [-0.3, -0.25) is 10.2 Å². The van der Waals surface area contributed by atoms with Crippen molar-refractivity contribution in [2.75, 3.05) is 0 Å². The molecule has 0 radical (unpaired) electrons. The fourth-order valence-corrected chi connectivity index (χ4v) is 2.72. The van der Waals surface area contributed by atoms with E-state index in [1.54, 1.807) is 11.6 Å². The summed E-state index contributed by atoms with van der Waals surface area (Å²) in [7, 11) is 0. The van der Waals surface area contributed by atoms with Crippen LogP contribution in [0.25, 0.3) is 6.08 Å². The van der Waals surface area contributed by atoms with Gasteiger partial charge in [0.15, 0.2) is 11.0 Å². The number of nitrogens with one attached hydrogen (secondary N) is 1. The first-order valence-electron chi connectivity index (χ1n) is 4.72. The maximum absolute atomic E-state index is 11.8. The average molecular weight is 262 g/mol. The lowest BCUT2D eigenvalue weighted by molar-refractivity contribution is -0.114. The Hall–Kier alpha value is -1.73. The molecule has 1 N–H and O–H groups in total. The molecule has 1 amide bonds. The van der Waals surface area contributed by atoms with E-state index in [0.717, 1.165) is 4.88 Å². The van der Waals surface area contributed by atoms with E-state index in [9.17, 15) is 4.79 Å². The summed E-state index contributed by atoms with van der Waals surface area (Å²) in [6.45, 7) is 0. The number of hydrazone groups is 1. The van der Waals surface area contributed by atoms with Crippen LogP contribution in [0.4, 0.5) is 0 Å². The van der Waals surface area contributed by atoms with Crippen molar-refractivity contribution < 1.29 is 4.79 Å². The highest BCUT2D eigenvalue weighted by Crippen LogP contribution is 2.25. The number of carbonyl (C=O) groups is 1. The molecule has 1 aromatic heterocycles. The minimum absolute atomic E-state index is 0.0784. The number of fused-ring (bicyclic) bond motifs is 1. The summed E-state index contributed by atoms with van der Waals surface area (Å²) in [6.07, 6.45) is 1.67. The van der Waals surface area contributed by atoms with Gasteiger partial charge >= 0.3 is 0 Å². The molecule has 0 aromatic carbocycles. The predicted molar refractivity (Wildman–Crippen MR) is 70.4 cm³/mol. The first-order chi connectivity index (χ1) is 8.25. The van der Waals surface area contributed by atoms with E-state index >= 15 is 0 Å². The second-order valence-electron chi connectivity index (χ2n) is 3.27. The van der Waals surface area contributed by atoms with Crippen molar-refractivity contribution >= 4 is 51.6 Å². The van der Waals surface area contributed by atoms with Crippen molar-refractivity contribution in [2.45, 2.75) is 0 Å². The molecule has 3 heterocycles. The van der Waals surface area contributed by atoms with Crippen LogP contribution in [0.1, 0.15) is 4.88 Å². The van der Waals surface area contributed by atoms with Crippen LogP contribution in [-0.2, 0) is 4.79 Å². The summed E-state index contributed by atoms with van der Waals surface area (Å²) in [5.74, 6) is -0.303. The topological polar surface area (TPSA) is 68.9 Å². The summed E-state index contributed by atoms with van der Waals surface area (Å²) < 4.78 is 0. The van der Waals surface area contributed by atoms with Crippen LogP contribution < -0.4 is 0 Å². The standard InChI is InChI=1S/C10H6N4OS2/c11-8-7(4-6-2-1-3-16-6)9(15)13-10-14(8)12-5-17-10/h1-5,11H/b7-4+,11-8?. The van der Waals surface area contributed by atoms with E-state index in [4.69, 9.17) is 5.41 Å². The van der Waals surface area contributed by atoms with E-state index in [0.29, 0.717) is 5.17 Å². The molecule has 0 fully saturated rings. The third-order valence-electron chi connectivity index (χ3n) is 2.23. The lowest BCUT2D eigenvalue weighted by Crippen LogP contribution is -2.35. The Morgan fingerprint density at radius 3 is 3.12 bits per heavy atom. The molecule has 7 heteroatoms. The monoisotopic (exact) mass is 262 g/mol. The maximum atomic E-state index is 11.8. The number of rotatable bonds is 1. The Bertz CT molecular complexity index is 585. The number of hydrogen-bond donors (Lipinski definition) is 1. The molecule has 17 heavy (non-hydrogen) atoms. The van der Waals surface area contributed by atoms with Gasteiger partial charge < -0.3 is 0 Å². The smallest absolute Gasteiger partial charge is 0.282 e. The van der Waals surface area contributed by atoms with Gasteiger partial charge in [0.2, 0.25) is 0 Å². The molecule has 0 bridgehead atoms. The molecule has 5 nitrogen and oxygen atoms in total. The minimum Gasteiger partial charge on any atom is -0.282 e. The number of thiophene rings is 1. The van der Waals surface area contributed by atoms with Crippen LogP contribution in [0.15, 0.2) is 33.2 Å². The molecule has 2 aliphatic rings. The molecule has 84 valence electrons. The summed E-state index contributed by atoms with van der Waals surface area (Å²) in [4.78, 5) is 16.6. The normalized spacial score (nSPS) is 21.1. The van der Waals surface area contributed by atoms with Crippen molar-refractivity contribution in [3.8, 4) is 0 Å². The Balaban J connectivity index is 2.04. The number of aliphatic imine (C=N–C) groups is 1. The minimum atomic E-state index is -0.382. The summed E-state index contributed by atoms with van der Waals surface area (Å²) in [6, 6.07) is 3.78. The summed E-state index contributed by atoms with van der Waals surface area (Å²) in [5.41, 5.74) is 1.84. The van der Waals surface area contributed by atoms with Gasteiger partial charge in [0, 0.05) is 4.88 Å². The van der Waals surface area contributed by atoms with Crippen molar-refractivity contribution in [3.05, 3.63) is 28.0 Å². The Kier molecular flexibility index (Phi) is 2.41. The highest BCUT2D eigenvalue weighted by Gasteiger charge is 2.32.